The van der Waals surface area contributed by atoms with Gasteiger partial charge in [-0.2, -0.15) is 5.10 Å². The van der Waals surface area contributed by atoms with E-state index in [4.69, 9.17) is 5.73 Å². The molecule has 0 saturated carbocycles. The molecule has 0 aliphatic heterocycles. The predicted octanol–water partition coefficient (Wildman–Crippen LogP) is 2.18. The van der Waals surface area contributed by atoms with Crippen LogP contribution in [0.5, 0.6) is 0 Å². The molecule has 5 nitrogen and oxygen atoms in total. The Morgan fingerprint density at radius 1 is 1.30 bits per heavy atom. The van der Waals surface area contributed by atoms with Gasteiger partial charge in [0.15, 0.2) is 0 Å². The first-order valence-electron chi connectivity index (χ1n) is 6.55. The maximum absolute atomic E-state index is 12.2. The van der Waals surface area contributed by atoms with Crippen molar-refractivity contribution in [3.8, 4) is 5.69 Å². The maximum atomic E-state index is 12.2. The monoisotopic (exact) mass is 272 g/mol. The molecule has 1 aromatic heterocycles. The largest absolute Gasteiger partial charge is 0.323 e. The Morgan fingerprint density at radius 2 is 2.00 bits per heavy atom. The van der Waals surface area contributed by atoms with Crippen molar-refractivity contribution in [1.29, 1.82) is 0 Å². The Balaban J connectivity index is 2.25. The van der Waals surface area contributed by atoms with E-state index in [2.05, 4.69) is 10.4 Å². The van der Waals surface area contributed by atoms with Crippen LogP contribution in [-0.2, 0) is 4.79 Å². The van der Waals surface area contributed by atoms with Gasteiger partial charge in [-0.25, -0.2) is 4.68 Å². The van der Waals surface area contributed by atoms with E-state index in [0.717, 1.165) is 5.69 Å². The Kier molecular flexibility index (Phi) is 3.90. The summed E-state index contributed by atoms with van der Waals surface area (Å²) < 4.78 is 1.71. The number of para-hydroxylation sites is 2. The number of rotatable bonds is 3. The molecule has 0 fully saturated rings. The number of hydrogen-bond donors (Lipinski definition) is 2. The molecule has 0 spiro atoms. The molecule has 0 aliphatic rings. The van der Waals surface area contributed by atoms with Gasteiger partial charge in [0.05, 0.1) is 17.4 Å². The van der Waals surface area contributed by atoms with Crippen molar-refractivity contribution in [2.75, 3.05) is 5.32 Å². The van der Waals surface area contributed by atoms with E-state index in [1.54, 1.807) is 10.9 Å². The number of anilines is 1. The van der Waals surface area contributed by atoms with Crippen molar-refractivity contribution in [3.63, 3.8) is 0 Å². The molecule has 5 heteroatoms. The van der Waals surface area contributed by atoms with Gasteiger partial charge in [-0.05, 0) is 23.6 Å². The SMILES string of the molecule is CC(C)(C)[C@@H](N)C(=O)Nc1ccccc1-n1cccn1. The summed E-state index contributed by atoms with van der Waals surface area (Å²) in [5.74, 6) is -0.197. The van der Waals surface area contributed by atoms with Crippen LogP contribution in [0.2, 0.25) is 0 Å². The summed E-state index contributed by atoms with van der Waals surface area (Å²) in [7, 11) is 0. The van der Waals surface area contributed by atoms with Crippen molar-refractivity contribution in [2.24, 2.45) is 11.1 Å². The third-order valence-electron chi connectivity index (χ3n) is 3.13. The highest BCUT2D eigenvalue weighted by atomic mass is 16.2. The van der Waals surface area contributed by atoms with Crippen LogP contribution in [0.4, 0.5) is 5.69 Å². The molecule has 2 rings (SSSR count). The average Bonchev–Trinajstić information content (AvgIpc) is 2.91. The lowest BCUT2D eigenvalue weighted by Gasteiger charge is -2.26. The summed E-state index contributed by atoms with van der Waals surface area (Å²) in [5.41, 5.74) is 7.20. The molecule has 1 amide bonds. The van der Waals surface area contributed by atoms with Gasteiger partial charge >= 0.3 is 0 Å². The lowest BCUT2D eigenvalue weighted by Crippen LogP contribution is -2.45. The van der Waals surface area contributed by atoms with Gasteiger partial charge in [0.2, 0.25) is 5.91 Å². The van der Waals surface area contributed by atoms with Gasteiger partial charge in [0.25, 0.3) is 0 Å². The number of carbonyl (C=O) groups is 1. The standard InChI is InChI=1S/C15H20N4O/c1-15(2,3)13(16)14(20)18-11-7-4-5-8-12(11)19-10-6-9-17-19/h4-10,13H,16H2,1-3H3,(H,18,20)/t13-/m0/s1. The second-order valence-corrected chi connectivity index (χ2v) is 5.80. The number of aromatic nitrogens is 2. The lowest BCUT2D eigenvalue weighted by atomic mass is 9.87. The number of carbonyl (C=O) groups excluding carboxylic acids is 1. The molecule has 0 saturated heterocycles. The van der Waals surface area contributed by atoms with Crippen molar-refractivity contribution >= 4 is 11.6 Å². The Hall–Kier alpha value is -2.14. The molecule has 0 aliphatic carbocycles. The maximum Gasteiger partial charge on any atom is 0.241 e. The molecule has 106 valence electrons. The van der Waals surface area contributed by atoms with Crippen LogP contribution < -0.4 is 11.1 Å². The predicted molar refractivity (Wildman–Crippen MR) is 79.6 cm³/mol. The summed E-state index contributed by atoms with van der Waals surface area (Å²) in [6, 6.07) is 8.75. The first kappa shape index (κ1) is 14.3. The van der Waals surface area contributed by atoms with Crippen LogP contribution in [-0.4, -0.2) is 21.7 Å². The third-order valence-corrected chi connectivity index (χ3v) is 3.13. The number of hydrogen-bond acceptors (Lipinski definition) is 3. The first-order chi connectivity index (χ1) is 9.39. The number of nitrogens with zero attached hydrogens (tertiary/aromatic N) is 2. The average molecular weight is 272 g/mol. The van der Waals surface area contributed by atoms with Crippen LogP contribution in [0.15, 0.2) is 42.7 Å². The van der Waals surface area contributed by atoms with Crippen LogP contribution >= 0.6 is 0 Å². The van der Waals surface area contributed by atoms with E-state index in [9.17, 15) is 4.79 Å². The molecule has 0 unspecified atom stereocenters. The van der Waals surface area contributed by atoms with Crippen LogP contribution in [0.25, 0.3) is 5.69 Å². The molecule has 1 aromatic carbocycles. The molecule has 3 N–H and O–H groups in total. The highest BCUT2D eigenvalue weighted by molar-refractivity contribution is 5.96. The van der Waals surface area contributed by atoms with Crippen molar-refractivity contribution in [3.05, 3.63) is 42.7 Å². The Labute approximate surface area is 118 Å². The van der Waals surface area contributed by atoms with Crippen LogP contribution in [0.3, 0.4) is 0 Å². The third kappa shape index (κ3) is 3.05. The molecule has 20 heavy (non-hydrogen) atoms. The molecule has 0 radical (unpaired) electrons. The molecule has 2 aromatic rings. The Morgan fingerprint density at radius 3 is 2.60 bits per heavy atom. The normalized spacial score (nSPS) is 13.0. The second kappa shape index (κ2) is 5.46. The minimum Gasteiger partial charge on any atom is -0.323 e. The first-order valence-corrected chi connectivity index (χ1v) is 6.55. The summed E-state index contributed by atoms with van der Waals surface area (Å²) >= 11 is 0. The van der Waals surface area contributed by atoms with Gasteiger partial charge < -0.3 is 11.1 Å². The van der Waals surface area contributed by atoms with Crippen molar-refractivity contribution < 1.29 is 4.79 Å². The van der Waals surface area contributed by atoms with Crippen molar-refractivity contribution in [2.45, 2.75) is 26.8 Å². The van der Waals surface area contributed by atoms with E-state index in [0.29, 0.717) is 5.69 Å². The highest BCUT2D eigenvalue weighted by Gasteiger charge is 2.27. The summed E-state index contributed by atoms with van der Waals surface area (Å²) in [6.07, 6.45) is 3.52. The van der Waals surface area contributed by atoms with E-state index < -0.39 is 6.04 Å². The minimum absolute atomic E-state index is 0.197. The van der Waals surface area contributed by atoms with E-state index >= 15 is 0 Å². The fraction of sp³-hybridized carbons (Fsp3) is 0.333. The zero-order chi connectivity index (χ0) is 14.8. The molecular weight excluding hydrogens is 252 g/mol. The lowest BCUT2D eigenvalue weighted by molar-refractivity contribution is -0.119. The molecule has 1 heterocycles. The Bertz CT molecular complexity index is 584. The second-order valence-electron chi connectivity index (χ2n) is 5.80. The smallest absolute Gasteiger partial charge is 0.241 e. The number of benzene rings is 1. The number of nitrogens with two attached hydrogens (primary N) is 1. The topological polar surface area (TPSA) is 72.9 Å². The van der Waals surface area contributed by atoms with Gasteiger partial charge in [-0.3, -0.25) is 4.79 Å². The van der Waals surface area contributed by atoms with E-state index in [1.165, 1.54) is 0 Å². The molecule has 0 bridgehead atoms. The van der Waals surface area contributed by atoms with Gasteiger partial charge in [-0.15, -0.1) is 0 Å². The zero-order valence-electron chi connectivity index (χ0n) is 12.0. The quantitative estimate of drug-likeness (QED) is 0.899. The fourth-order valence-corrected chi connectivity index (χ4v) is 1.79. The van der Waals surface area contributed by atoms with Crippen molar-refractivity contribution in [1.82, 2.24) is 9.78 Å². The van der Waals surface area contributed by atoms with Gasteiger partial charge in [0.1, 0.15) is 0 Å². The summed E-state index contributed by atoms with van der Waals surface area (Å²) in [5, 5.41) is 7.06. The molecule has 1 atom stereocenters. The van der Waals surface area contributed by atoms with Gasteiger partial charge in [-0.1, -0.05) is 32.9 Å². The fourth-order valence-electron chi connectivity index (χ4n) is 1.79. The molecular formula is C15H20N4O. The van der Waals surface area contributed by atoms with E-state index in [-0.39, 0.29) is 11.3 Å². The summed E-state index contributed by atoms with van der Waals surface area (Å²) in [6.45, 7) is 5.82. The number of nitrogens with one attached hydrogen (secondary N) is 1. The zero-order valence-corrected chi connectivity index (χ0v) is 12.0. The number of amides is 1. The van der Waals surface area contributed by atoms with Crippen LogP contribution in [0, 0.1) is 5.41 Å². The van der Waals surface area contributed by atoms with Crippen LogP contribution in [0.1, 0.15) is 20.8 Å². The highest BCUT2D eigenvalue weighted by Crippen LogP contribution is 2.22. The minimum atomic E-state index is -0.576. The van der Waals surface area contributed by atoms with Gasteiger partial charge in [0, 0.05) is 12.4 Å². The summed E-state index contributed by atoms with van der Waals surface area (Å²) in [4.78, 5) is 12.2. The van der Waals surface area contributed by atoms with E-state index in [1.807, 2.05) is 57.3 Å².